The van der Waals surface area contributed by atoms with Crippen LogP contribution in [0.5, 0.6) is 11.5 Å². The molecule has 0 bridgehead atoms. The summed E-state index contributed by atoms with van der Waals surface area (Å²) in [6, 6.07) is 18.8. The molecule has 0 aromatic heterocycles. The van der Waals surface area contributed by atoms with E-state index in [1.54, 1.807) is 33.3 Å². The number of methoxy groups -OCH3 is 2. The van der Waals surface area contributed by atoms with Gasteiger partial charge >= 0.3 is 5.97 Å². The van der Waals surface area contributed by atoms with E-state index in [1.807, 2.05) is 60.7 Å². The number of rotatable bonds is 8. The minimum atomic E-state index is -0.580. The van der Waals surface area contributed by atoms with Crippen LogP contribution in [-0.2, 0) is 9.53 Å². The highest BCUT2D eigenvalue weighted by Gasteiger charge is 2.36. The first kappa shape index (κ1) is 23.4. The van der Waals surface area contributed by atoms with Crippen molar-refractivity contribution in [3.8, 4) is 11.5 Å². The third-order valence-corrected chi connectivity index (χ3v) is 6.19. The number of hydrogen-bond donors (Lipinski definition) is 1. The van der Waals surface area contributed by atoms with Gasteiger partial charge in [0, 0.05) is 17.2 Å². The van der Waals surface area contributed by atoms with E-state index in [4.69, 9.17) is 14.2 Å². The van der Waals surface area contributed by atoms with Crippen molar-refractivity contribution in [2.75, 3.05) is 20.8 Å². The van der Waals surface area contributed by atoms with Crippen LogP contribution in [0.1, 0.15) is 35.2 Å². The summed E-state index contributed by atoms with van der Waals surface area (Å²) in [5.41, 5.74) is 1.31. The number of nitrogens with one attached hydrogen (secondary N) is 1. The van der Waals surface area contributed by atoms with Crippen molar-refractivity contribution in [2.24, 2.45) is 5.92 Å². The summed E-state index contributed by atoms with van der Waals surface area (Å²) in [6.45, 7) is 2.06. The van der Waals surface area contributed by atoms with Crippen molar-refractivity contribution < 1.29 is 23.8 Å². The lowest BCUT2D eigenvalue weighted by molar-refractivity contribution is -0.146. The van der Waals surface area contributed by atoms with Gasteiger partial charge in [0.25, 0.3) is 5.91 Å². The SMILES string of the molecule is CCOC(=O)C(c1cc(OC)ccc1OC)C1C=CC(NC(=O)c2ccc3ccccc3c2)C1. The van der Waals surface area contributed by atoms with Crippen LogP contribution in [0.15, 0.2) is 72.8 Å². The maximum Gasteiger partial charge on any atom is 0.314 e. The van der Waals surface area contributed by atoms with Crippen molar-refractivity contribution >= 4 is 22.6 Å². The fourth-order valence-electron chi connectivity index (χ4n) is 4.51. The van der Waals surface area contributed by atoms with E-state index < -0.39 is 5.92 Å². The van der Waals surface area contributed by atoms with Gasteiger partial charge in [0.05, 0.1) is 26.7 Å². The summed E-state index contributed by atoms with van der Waals surface area (Å²) in [7, 11) is 3.16. The molecule has 176 valence electrons. The number of amides is 1. The molecule has 0 heterocycles. The highest BCUT2D eigenvalue weighted by molar-refractivity contribution is 5.98. The molecule has 0 fully saturated rings. The number of carbonyl (C=O) groups is 2. The van der Waals surface area contributed by atoms with Crippen molar-refractivity contribution in [1.29, 1.82) is 0 Å². The molecule has 1 aliphatic rings. The lowest BCUT2D eigenvalue weighted by Gasteiger charge is -2.24. The molecule has 0 radical (unpaired) electrons. The van der Waals surface area contributed by atoms with Gasteiger partial charge in [0.1, 0.15) is 11.5 Å². The van der Waals surface area contributed by atoms with E-state index in [2.05, 4.69) is 5.32 Å². The van der Waals surface area contributed by atoms with Crippen LogP contribution < -0.4 is 14.8 Å². The Labute approximate surface area is 199 Å². The average molecular weight is 460 g/mol. The van der Waals surface area contributed by atoms with Gasteiger partial charge < -0.3 is 19.5 Å². The highest BCUT2D eigenvalue weighted by atomic mass is 16.5. The van der Waals surface area contributed by atoms with Crippen molar-refractivity contribution in [3.63, 3.8) is 0 Å². The second kappa shape index (κ2) is 10.4. The topological polar surface area (TPSA) is 73.9 Å². The van der Waals surface area contributed by atoms with Crippen LogP contribution in [0.25, 0.3) is 10.8 Å². The Bertz CT molecular complexity index is 1220. The number of ether oxygens (including phenoxy) is 3. The molecule has 3 aromatic carbocycles. The van der Waals surface area contributed by atoms with E-state index in [9.17, 15) is 9.59 Å². The summed E-state index contributed by atoms with van der Waals surface area (Å²) >= 11 is 0. The molecule has 1 N–H and O–H groups in total. The van der Waals surface area contributed by atoms with Crippen LogP contribution in [0, 0.1) is 5.92 Å². The zero-order valence-corrected chi connectivity index (χ0v) is 19.6. The maximum atomic E-state index is 13.0. The van der Waals surface area contributed by atoms with Gasteiger partial charge in [0.2, 0.25) is 0 Å². The van der Waals surface area contributed by atoms with Crippen LogP contribution >= 0.6 is 0 Å². The molecule has 0 saturated heterocycles. The van der Waals surface area contributed by atoms with Crippen LogP contribution in [0.3, 0.4) is 0 Å². The van der Waals surface area contributed by atoms with Crippen molar-refractivity contribution in [1.82, 2.24) is 5.32 Å². The van der Waals surface area contributed by atoms with Gasteiger partial charge in [-0.05, 0) is 60.4 Å². The Kier molecular flexibility index (Phi) is 7.16. The lowest BCUT2D eigenvalue weighted by Crippen LogP contribution is -2.34. The molecule has 6 heteroatoms. The van der Waals surface area contributed by atoms with Gasteiger partial charge in [-0.3, -0.25) is 9.59 Å². The Morgan fingerprint density at radius 3 is 2.50 bits per heavy atom. The molecule has 3 atom stereocenters. The van der Waals surface area contributed by atoms with E-state index >= 15 is 0 Å². The Morgan fingerprint density at radius 1 is 0.971 bits per heavy atom. The molecule has 3 unspecified atom stereocenters. The van der Waals surface area contributed by atoms with Gasteiger partial charge in [0.15, 0.2) is 0 Å². The van der Waals surface area contributed by atoms with Crippen molar-refractivity contribution in [2.45, 2.75) is 25.3 Å². The third-order valence-electron chi connectivity index (χ3n) is 6.19. The average Bonchev–Trinajstić information content (AvgIpc) is 3.31. The van der Waals surface area contributed by atoms with Gasteiger partial charge in [-0.25, -0.2) is 0 Å². The number of hydrogen-bond acceptors (Lipinski definition) is 5. The fraction of sp³-hybridized carbons (Fsp3) is 0.286. The van der Waals surface area contributed by atoms with Gasteiger partial charge in [-0.1, -0.05) is 42.5 Å². The number of carbonyl (C=O) groups excluding carboxylic acids is 2. The fourth-order valence-corrected chi connectivity index (χ4v) is 4.51. The zero-order valence-electron chi connectivity index (χ0n) is 19.6. The predicted octanol–water partition coefficient (Wildman–Crippen LogP) is 4.88. The Balaban J connectivity index is 1.53. The molecule has 3 aromatic rings. The number of fused-ring (bicyclic) bond motifs is 1. The van der Waals surface area contributed by atoms with E-state index in [-0.39, 0.29) is 30.4 Å². The number of benzene rings is 3. The van der Waals surface area contributed by atoms with E-state index in [0.717, 1.165) is 10.8 Å². The van der Waals surface area contributed by atoms with E-state index in [0.29, 0.717) is 29.0 Å². The van der Waals surface area contributed by atoms with Crippen LogP contribution in [-0.4, -0.2) is 38.7 Å². The first-order valence-corrected chi connectivity index (χ1v) is 11.4. The first-order chi connectivity index (χ1) is 16.5. The van der Waals surface area contributed by atoms with Crippen LogP contribution in [0.2, 0.25) is 0 Å². The van der Waals surface area contributed by atoms with Gasteiger partial charge in [-0.2, -0.15) is 0 Å². The minimum Gasteiger partial charge on any atom is -0.497 e. The normalized spacial score (nSPS) is 17.9. The molecule has 0 saturated carbocycles. The van der Waals surface area contributed by atoms with Gasteiger partial charge in [-0.15, -0.1) is 0 Å². The summed E-state index contributed by atoms with van der Waals surface area (Å²) in [5.74, 6) is 0.00724. The molecule has 0 spiro atoms. The van der Waals surface area contributed by atoms with Crippen LogP contribution in [0.4, 0.5) is 0 Å². The molecule has 1 amide bonds. The molecular weight excluding hydrogens is 430 g/mol. The molecule has 4 rings (SSSR count). The highest BCUT2D eigenvalue weighted by Crippen LogP contribution is 2.40. The molecule has 1 aliphatic carbocycles. The quantitative estimate of drug-likeness (QED) is 0.384. The summed E-state index contributed by atoms with van der Waals surface area (Å²) in [5, 5.41) is 5.19. The molecular formula is C28H29NO5. The first-order valence-electron chi connectivity index (χ1n) is 11.4. The largest absolute Gasteiger partial charge is 0.497 e. The molecule has 6 nitrogen and oxygen atoms in total. The Morgan fingerprint density at radius 2 is 1.76 bits per heavy atom. The molecule has 0 aliphatic heterocycles. The number of allylic oxidation sites excluding steroid dienone is 1. The summed E-state index contributed by atoms with van der Waals surface area (Å²) < 4.78 is 16.3. The maximum absolute atomic E-state index is 13.0. The van der Waals surface area contributed by atoms with Crippen molar-refractivity contribution in [3.05, 3.63) is 83.9 Å². The molecule has 34 heavy (non-hydrogen) atoms. The monoisotopic (exact) mass is 459 g/mol. The summed E-state index contributed by atoms with van der Waals surface area (Å²) in [6.07, 6.45) is 4.50. The predicted molar refractivity (Wildman–Crippen MR) is 131 cm³/mol. The minimum absolute atomic E-state index is 0.146. The smallest absolute Gasteiger partial charge is 0.314 e. The standard InChI is InChI=1S/C28H29NO5/c1-4-34-28(31)26(24-17-23(32-2)13-14-25(24)33-3)20-11-12-22(16-20)29-27(30)21-10-9-18-7-5-6-8-19(18)15-21/h5-15,17,20,22,26H,4,16H2,1-3H3,(H,29,30). The second-order valence-corrected chi connectivity index (χ2v) is 8.26. The van der Waals surface area contributed by atoms with E-state index in [1.165, 1.54) is 0 Å². The Hall–Kier alpha value is -3.80. The zero-order chi connectivity index (χ0) is 24.1. The second-order valence-electron chi connectivity index (χ2n) is 8.26. The number of esters is 1. The third kappa shape index (κ3) is 4.91. The summed E-state index contributed by atoms with van der Waals surface area (Å²) in [4.78, 5) is 26.0. The lowest BCUT2D eigenvalue weighted by atomic mass is 9.84.